The maximum Gasteiger partial charge on any atom is 0.159 e. The highest BCUT2D eigenvalue weighted by molar-refractivity contribution is 5.33. The molecule has 5 nitrogen and oxygen atoms in total. The number of hydrogen-bond acceptors (Lipinski definition) is 5. The Morgan fingerprint density at radius 1 is 1.12 bits per heavy atom. The molecule has 0 saturated heterocycles. The van der Waals surface area contributed by atoms with Crippen molar-refractivity contribution in [2.24, 2.45) is 28.6 Å². The summed E-state index contributed by atoms with van der Waals surface area (Å²) in [6.45, 7) is 4.04. The van der Waals surface area contributed by atoms with Crippen molar-refractivity contribution in [3.63, 3.8) is 0 Å². The summed E-state index contributed by atoms with van der Waals surface area (Å²) in [6, 6.07) is 0. The van der Waals surface area contributed by atoms with E-state index < -0.39 is 35.2 Å². The minimum atomic E-state index is -1.80. The lowest BCUT2D eigenvalue weighted by molar-refractivity contribution is -0.139. The lowest BCUT2D eigenvalue weighted by Crippen LogP contribution is -2.58. The molecule has 5 heteroatoms. The van der Waals surface area contributed by atoms with Crippen LogP contribution in [0.4, 0.5) is 0 Å². The van der Waals surface area contributed by atoms with Gasteiger partial charge in [-0.2, -0.15) is 0 Å². The minimum absolute atomic E-state index is 0.130. The average molecular weight is 362 g/mol. The van der Waals surface area contributed by atoms with Gasteiger partial charge in [0.1, 0.15) is 6.10 Å². The maximum absolute atomic E-state index is 11.0. The summed E-state index contributed by atoms with van der Waals surface area (Å²) in [5, 5.41) is 53.4. The molecule has 0 heterocycles. The highest BCUT2D eigenvalue weighted by atomic mass is 16.4. The first-order valence-corrected chi connectivity index (χ1v) is 9.74. The molecule has 3 saturated carbocycles. The molecule has 0 aromatic rings. The number of rotatable bonds is 0. The van der Waals surface area contributed by atoms with Crippen molar-refractivity contribution in [3.8, 4) is 12.3 Å². The Morgan fingerprint density at radius 3 is 2.46 bits per heavy atom. The van der Waals surface area contributed by atoms with E-state index in [-0.39, 0.29) is 23.4 Å². The zero-order valence-corrected chi connectivity index (χ0v) is 15.5. The van der Waals surface area contributed by atoms with E-state index in [1.54, 1.807) is 0 Å². The van der Waals surface area contributed by atoms with Crippen molar-refractivity contribution in [3.05, 3.63) is 11.6 Å². The third kappa shape index (κ3) is 2.00. The number of terminal acetylenes is 1. The molecule has 5 unspecified atom stereocenters. The van der Waals surface area contributed by atoms with E-state index in [1.807, 2.05) is 13.0 Å². The minimum Gasteiger partial charge on any atom is -0.393 e. The summed E-state index contributed by atoms with van der Waals surface area (Å²) in [5.74, 6) is 1.74. The van der Waals surface area contributed by atoms with Crippen LogP contribution in [-0.2, 0) is 0 Å². The van der Waals surface area contributed by atoms with Gasteiger partial charge in [-0.25, -0.2) is 0 Å². The Bertz CT molecular complexity index is 682. The topological polar surface area (TPSA) is 101 Å². The Hall–Kier alpha value is -0.900. The number of hydrogen-bond donors (Lipinski definition) is 5. The maximum atomic E-state index is 11.0. The molecule has 144 valence electrons. The normalized spacial score (nSPS) is 58.8. The van der Waals surface area contributed by atoms with E-state index in [0.29, 0.717) is 12.8 Å². The molecule has 4 rings (SSSR count). The quantitative estimate of drug-likeness (QED) is 0.321. The van der Waals surface area contributed by atoms with Gasteiger partial charge in [-0.15, -0.1) is 6.42 Å². The Morgan fingerprint density at radius 2 is 1.81 bits per heavy atom. The smallest absolute Gasteiger partial charge is 0.159 e. The van der Waals surface area contributed by atoms with Gasteiger partial charge in [0.2, 0.25) is 0 Å². The summed E-state index contributed by atoms with van der Waals surface area (Å²) in [6.07, 6.45) is 7.22. The second kappa shape index (κ2) is 5.56. The van der Waals surface area contributed by atoms with Crippen molar-refractivity contribution in [2.45, 2.75) is 76.0 Å². The lowest BCUT2D eigenvalue weighted by Gasteiger charge is -2.59. The Labute approximate surface area is 154 Å². The van der Waals surface area contributed by atoms with E-state index in [4.69, 9.17) is 6.42 Å². The molecular weight excluding hydrogens is 332 g/mol. The molecule has 10 atom stereocenters. The van der Waals surface area contributed by atoms with Crippen molar-refractivity contribution in [1.82, 2.24) is 0 Å². The van der Waals surface area contributed by atoms with Gasteiger partial charge >= 0.3 is 0 Å². The zero-order valence-electron chi connectivity index (χ0n) is 15.5. The van der Waals surface area contributed by atoms with Crippen LogP contribution in [0.15, 0.2) is 11.6 Å². The van der Waals surface area contributed by atoms with Gasteiger partial charge < -0.3 is 25.5 Å². The first-order chi connectivity index (χ1) is 12.1. The van der Waals surface area contributed by atoms with Gasteiger partial charge in [0, 0.05) is 11.3 Å². The fourth-order valence-corrected chi connectivity index (χ4v) is 6.98. The molecular formula is C21H30O5. The van der Waals surface area contributed by atoms with Crippen molar-refractivity contribution >= 4 is 0 Å². The molecule has 26 heavy (non-hydrogen) atoms. The van der Waals surface area contributed by atoms with Gasteiger partial charge in [0.15, 0.2) is 5.60 Å². The van der Waals surface area contributed by atoms with Crippen LogP contribution in [-0.4, -0.2) is 55.5 Å². The first-order valence-electron chi connectivity index (χ1n) is 9.74. The highest BCUT2D eigenvalue weighted by Gasteiger charge is 2.71. The van der Waals surface area contributed by atoms with Crippen LogP contribution >= 0.6 is 0 Å². The second-order valence-corrected chi connectivity index (χ2v) is 9.51. The fraction of sp³-hybridized carbons (Fsp3) is 0.810. The SMILES string of the molecule is C#C[C@]1(O)[C@H](O)C(O)C2C3C(O)C=C4C[C@@H](O)CC[C@]4(C)C3CC[C@@]21C. The second-order valence-electron chi connectivity index (χ2n) is 9.51. The molecule has 0 aromatic heterocycles. The zero-order chi connectivity index (χ0) is 19.1. The third-order valence-corrected chi connectivity index (χ3v) is 8.57. The predicted octanol–water partition coefficient (Wildman–Crippen LogP) is 0.587. The first kappa shape index (κ1) is 18.5. The van der Waals surface area contributed by atoms with Crippen LogP contribution in [0, 0.1) is 40.9 Å². The van der Waals surface area contributed by atoms with Crippen LogP contribution in [0.2, 0.25) is 0 Å². The van der Waals surface area contributed by atoms with Crippen LogP contribution in [0.25, 0.3) is 0 Å². The summed E-state index contributed by atoms with van der Waals surface area (Å²) >= 11 is 0. The Balaban J connectivity index is 1.81. The monoisotopic (exact) mass is 362 g/mol. The van der Waals surface area contributed by atoms with Crippen molar-refractivity contribution < 1.29 is 25.5 Å². The van der Waals surface area contributed by atoms with Crippen molar-refractivity contribution in [1.29, 1.82) is 0 Å². The predicted molar refractivity (Wildman–Crippen MR) is 95.7 cm³/mol. The van der Waals surface area contributed by atoms with Gasteiger partial charge in [-0.05, 0) is 49.4 Å². The molecule has 3 fully saturated rings. The van der Waals surface area contributed by atoms with Crippen molar-refractivity contribution in [2.75, 3.05) is 0 Å². The number of fused-ring (bicyclic) bond motifs is 5. The van der Waals surface area contributed by atoms with Crippen LogP contribution in [0.3, 0.4) is 0 Å². The van der Waals surface area contributed by atoms with Gasteiger partial charge in [-0.1, -0.05) is 31.4 Å². The highest BCUT2D eigenvalue weighted by Crippen LogP contribution is 2.67. The lowest BCUT2D eigenvalue weighted by atomic mass is 9.46. The molecule has 5 N–H and O–H groups in total. The molecule has 0 spiro atoms. The van der Waals surface area contributed by atoms with Gasteiger partial charge in [0.05, 0.1) is 18.3 Å². The van der Waals surface area contributed by atoms with Gasteiger partial charge in [0.25, 0.3) is 0 Å². The number of aliphatic hydroxyl groups excluding tert-OH is 4. The fourth-order valence-electron chi connectivity index (χ4n) is 6.98. The largest absolute Gasteiger partial charge is 0.393 e. The summed E-state index contributed by atoms with van der Waals surface area (Å²) in [4.78, 5) is 0. The Kier molecular flexibility index (Phi) is 3.95. The van der Waals surface area contributed by atoms with E-state index in [0.717, 1.165) is 24.8 Å². The van der Waals surface area contributed by atoms with E-state index in [9.17, 15) is 25.5 Å². The molecule has 0 aromatic carbocycles. The molecule has 0 radical (unpaired) electrons. The van der Waals surface area contributed by atoms with Crippen LogP contribution < -0.4 is 0 Å². The van der Waals surface area contributed by atoms with E-state index in [1.165, 1.54) is 0 Å². The summed E-state index contributed by atoms with van der Waals surface area (Å²) in [5.41, 5.74) is -1.67. The molecule has 4 aliphatic rings. The van der Waals surface area contributed by atoms with Crippen LogP contribution in [0.5, 0.6) is 0 Å². The standard InChI is InChI=1S/C21H30O5/c1-4-21(26)18(25)17(24)16-15-13(6-8-20(16,21)3)19(2)7-5-12(22)9-11(19)10-14(15)23/h1,10,12-18,22-26H,5-9H2,2-3H3/t12-,13?,14?,15?,16?,17?,18+,19-,20-,21-/m0/s1. The molecule has 0 amide bonds. The average Bonchev–Trinajstić information content (AvgIpc) is 2.75. The molecule has 4 aliphatic carbocycles. The number of aliphatic hydroxyl groups is 5. The molecule has 0 aliphatic heterocycles. The van der Waals surface area contributed by atoms with E-state index >= 15 is 0 Å². The summed E-state index contributed by atoms with van der Waals surface area (Å²) in [7, 11) is 0. The molecule has 0 bridgehead atoms. The van der Waals surface area contributed by atoms with Crippen LogP contribution in [0.1, 0.15) is 46.0 Å². The third-order valence-electron chi connectivity index (χ3n) is 8.57. The van der Waals surface area contributed by atoms with E-state index in [2.05, 4.69) is 12.8 Å². The summed E-state index contributed by atoms with van der Waals surface area (Å²) < 4.78 is 0. The van der Waals surface area contributed by atoms with Gasteiger partial charge in [-0.3, -0.25) is 0 Å².